The number of aliphatic imine (C=N–C) groups is 1. The van der Waals surface area contributed by atoms with E-state index in [2.05, 4.69) is 58.6 Å². The first-order chi connectivity index (χ1) is 10.7. The summed E-state index contributed by atoms with van der Waals surface area (Å²) in [7, 11) is 1.84. The minimum Gasteiger partial charge on any atom is -0.356 e. The monoisotopic (exact) mass is 430 g/mol. The van der Waals surface area contributed by atoms with Gasteiger partial charge in [-0.25, -0.2) is 0 Å². The molecule has 1 fully saturated rings. The van der Waals surface area contributed by atoms with Gasteiger partial charge in [-0.15, -0.1) is 24.0 Å². The lowest BCUT2D eigenvalue weighted by Gasteiger charge is -2.29. The summed E-state index contributed by atoms with van der Waals surface area (Å²) in [4.78, 5) is 6.90. The van der Waals surface area contributed by atoms with Gasteiger partial charge in [-0.1, -0.05) is 36.8 Å². The van der Waals surface area contributed by atoms with Crippen molar-refractivity contribution in [2.75, 3.05) is 33.2 Å². The Morgan fingerprint density at radius 3 is 2.39 bits per heavy atom. The molecule has 0 aliphatic carbocycles. The Hall–Kier alpha value is -0.820. The van der Waals surface area contributed by atoms with Crippen molar-refractivity contribution >= 4 is 29.9 Å². The molecule has 1 heterocycles. The van der Waals surface area contributed by atoms with Crippen LogP contribution in [0.2, 0.25) is 0 Å². The number of guanidine groups is 1. The van der Waals surface area contributed by atoms with Crippen molar-refractivity contribution in [2.24, 2.45) is 4.99 Å². The Morgan fingerprint density at radius 2 is 1.83 bits per heavy atom. The van der Waals surface area contributed by atoms with E-state index < -0.39 is 0 Å². The van der Waals surface area contributed by atoms with Crippen LogP contribution in [0.25, 0.3) is 0 Å². The van der Waals surface area contributed by atoms with E-state index >= 15 is 0 Å². The topological polar surface area (TPSA) is 39.7 Å². The smallest absolute Gasteiger partial charge is 0.191 e. The summed E-state index contributed by atoms with van der Waals surface area (Å²) < 4.78 is 0. The molecule has 1 unspecified atom stereocenters. The first-order valence-corrected chi connectivity index (χ1v) is 8.49. The third kappa shape index (κ3) is 6.30. The minimum absolute atomic E-state index is 0. The van der Waals surface area contributed by atoms with E-state index in [1.54, 1.807) is 0 Å². The maximum Gasteiger partial charge on any atom is 0.191 e. The zero-order chi connectivity index (χ0) is 15.8. The summed E-state index contributed by atoms with van der Waals surface area (Å²) in [5.41, 5.74) is 2.71. The van der Waals surface area contributed by atoms with E-state index in [0.717, 1.165) is 25.5 Å². The second kappa shape index (κ2) is 10.9. The summed E-state index contributed by atoms with van der Waals surface area (Å²) in [5.74, 6) is 0.901. The predicted octanol–water partition coefficient (Wildman–Crippen LogP) is 3.32. The van der Waals surface area contributed by atoms with Crippen molar-refractivity contribution in [1.29, 1.82) is 0 Å². The highest BCUT2D eigenvalue weighted by Gasteiger charge is 2.23. The molecule has 0 saturated carbocycles. The molecule has 0 amide bonds. The summed E-state index contributed by atoms with van der Waals surface area (Å²) >= 11 is 0. The van der Waals surface area contributed by atoms with Crippen LogP contribution in [0, 0.1) is 6.92 Å². The molecule has 1 aliphatic rings. The zero-order valence-corrected chi connectivity index (χ0v) is 17.0. The lowest BCUT2D eigenvalue weighted by molar-refractivity contribution is 0.245. The highest BCUT2D eigenvalue weighted by Crippen LogP contribution is 2.24. The standard InChI is InChI=1S/C18H30N4.HI/c1-4-11-20-18(19-3)21-14-17(22-12-5-6-13-22)16-9-7-15(2)8-10-16;/h7-10,17H,4-6,11-14H2,1-3H3,(H2,19,20,21);1H. The van der Waals surface area contributed by atoms with E-state index in [9.17, 15) is 0 Å². The van der Waals surface area contributed by atoms with Crippen LogP contribution in [0.15, 0.2) is 29.3 Å². The molecule has 23 heavy (non-hydrogen) atoms. The van der Waals surface area contributed by atoms with E-state index in [4.69, 9.17) is 0 Å². The van der Waals surface area contributed by atoms with Crippen LogP contribution in [0.1, 0.15) is 43.4 Å². The predicted molar refractivity (Wildman–Crippen MR) is 110 cm³/mol. The highest BCUT2D eigenvalue weighted by atomic mass is 127. The van der Waals surface area contributed by atoms with Crippen molar-refractivity contribution in [3.63, 3.8) is 0 Å². The molecule has 4 nitrogen and oxygen atoms in total. The second-order valence-electron chi connectivity index (χ2n) is 6.05. The van der Waals surface area contributed by atoms with E-state index in [-0.39, 0.29) is 24.0 Å². The van der Waals surface area contributed by atoms with Gasteiger partial charge in [0.05, 0.1) is 6.04 Å². The van der Waals surface area contributed by atoms with E-state index in [1.807, 2.05) is 7.05 Å². The zero-order valence-electron chi connectivity index (χ0n) is 14.6. The van der Waals surface area contributed by atoms with Crippen molar-refractivity contribution < 1.29 is 0 Å². The molecule has 0 aromatic heterocycles. The van der Waals surface area contributed by atoms with Gasteiger partial charge in [0.15, 0.2) is 5.96 Å². The Balaban J connectivity index is 0.00000264. The van der Waals surface area contributed by atoms with Gasteiger partial charge < -0.3 is 10.6 Å². The third-order valence-electron chi connectivity index (χ3n) is 4.27. The van der Waals surface area contributed by atoms with E-state index in [0.29, 0.717) is 6.04 Å². The van der Waals surface area contributed by atoms with Crippen LogP contribution >= 0.6 is 24.0 Å². The van der Waals surface area contributed by atoms with Crippen molar-refractivity contribution in [1.82, 2.24) is 15.5 Å². The number of likely N-dealkylation sites (tertiary alicyclic amines) is 1. The number of nitrogens with zero attached hydrogens (tertiary/aromatic N) is 2. The number of hydrogen-bond acceptors (Lipinski definition) is 2. The molecule has 1 saturated heterocycles. The lowest BCUT2D eigenvalue weighted by atomic mass is 10.0. The van der Waals surface area contributed by atoms with Crippen LogP contribution in [-0.4, -0.2) is 44.1 Å². The van der Waals surface area contributed by atoms with Gasteiger partial charge in [0, 0.05) is 20.1 Å². The fraction of sp³-hybridized carbons (Fsp3) is 0.611. The number of hydrogen-bond donors (Lipinski definition) is 2. The van der Waals surface area contributed by atoms with Crippen LogP contribution in [0.5, 0.6) is 0 Å². The number of aryl methyl sites for hydroxylation is 1. The van der Waals surface area contributed by atoms with Crippen LogP contribution in [0.4, 0.5) is 0 Å². The first kappa shape index (κ1) is 20.2. The molecule has 1 aromatic rings. The van der Waals surface area contributed by atoms with Gasteiger partial charge in [-0.3, -0.25) is 9.89 Å². The lowest BCUT2D eigenvalue weighted by Crippen LogP contribution is -2.42. The maximum atomic E-state index is 4.31. The largest absolute Gasteiger partial charge is 0.356 e. The van der Waals surface area contributed by atoms with Crippen LogP contribution < -0.4 is 10.6 Å². The molecule has 2 rings (SSSR count). The maximum absolute atomic E-state index is 4.31. The molecule has 1 atom stereocenters. The average molecular weight is 430 g/mol. The summed E-state index contributed by atoms with van der Waals surface area (Å²) in [5, 5.41) is 6.84. The Labute approximate surface area is 158 Å². The number of rotatable bonds is 6. The molecular formula is C18H31IN4. The third-order valence-corrected chi connectivity index (χ3v) is 4.27. The van der Waals surface area contributed by atoms with Crippen LogP contribution in [-0.2, 0) is 0 Å². The Kier molecular flexibility index (Phi) is 9.55. The molecule has 0 bridgehead atoms. The molecule has 130 valence electrons. The Bertz CT molecular complexity index is 466. The average Bonchev–Trinajstić information content (AvgIpc) is 3.06. The molecule has 1 aliphatic heterocycles. The van der Waals surface area contributed by atoms with Gasteiger partial charge >= 0.3 is 0 Å². The number of benzene rings is 1. The van der Waals surface area contributed by atoms with Gasteiger partial charge in [0.1, 0.15) is 0 Å². The van der Waals surface area contributed by atoms with Gasteiger partial charge in [0.25, 0.3) is 0 Å². The highest BCUT2D eigenvalue weighted by molar-refractivity contribution is 14.0. The van der Waals surface area contributed by atoms with Crippen LogP contribution in [0.3, 0.4) is 0 Å². The summed E-state index contributed by atoms with van der Waals surface area (Å²) in [6.45, 7) is 8.55. The van der Waals surface area contributed by atoms with Crippen molar-refractivity contribution in [2.45, 2.75) is 39.2 Å². The van der Waals surface area contributed by atoms with Crippen molar-refractivity contribution in [3.05, 3.63) is 35.4 Å². The fourth-order valence-corrected chi connectivity index (χ4v) is 2.96. The van der Waals surface area contributed by atoms with Gasteiger partial charge in [-0.2, -0.15) is 0 Å². The normalized spacial score (nSPS) is 16.7. The molecule has 0 radical (unpaired) electrons. The summed E-state index contributed by atoms with van der Waals surface area (Å²) in [6, 6.07) is 9.37. The number of nitrogens with one attached hydrogen (secondary N) is 2. The van der Waals surface area contributed by atoms with Crippen molar-refractivity contribution in [3.8, 4) is 0 Å². The Morgan fingerprint density at radius 1 is 1.17 bits per heavy atom. The quantitative estimate of drug-likeness (QED) is 0.413. The molecular weight excluding hydrogens is 399 g/mol. The SMILES string of the molecule is CCCNC(=NC)NCC(c1ccc(C)cc1)N1CCCC1.I. The second-order valence-corrected chi connectivity index (χ2v) is 6.05. The number of halogens is 1. The van der Waals surface area contributed by atoms with Gasteiger partial charge in [0.2, 0.25) is 0 Å². The summed E-state index contributed by atoms with van der Waals surface area (Å²) in [6.07, 6.45) is 3.73. The molecule has 2 N–H and O–H groups in total. The molecule has 0 spiro atoms. The minimum atomic E-state index is 0. The van der Waals surface area contributed by atoms with Gasteiger partial charge in [-0.05, 0) is 44.8 Å². The first-order valence-electron chi connectivity index (χ1n) is 8.49. The molecule has 1 aromatic carbocycles. The fourth-order valence-electron chi connectivity index (χ4n) is 2.96. The van der Waals surface area contributed by atoms with E-state index in [1.165, 1.54) is 37.1 Å². The molecule has 5 heteroatoms.